The number of likely N-dealkylation sites (tertiary alicyclic amines) is 1. The minimum atomic E-state index is 0.933. The summed E-state index contributed by atoms with van der Waals surface area (Å²) in [6.45, 7) is 10.9. The predicted octanol–water partition coefficient (Wildman–Crippen LogP) is 2.84. The molecule has 1 aliphatic heterocycles. The predicted molar refractivity (Wildman–Crippen MR) is 79.9 cm³/mol. The molecule has 17 heavy (non-hydrogen) atoms. The summed E-state index contributed by atoms with van der Waals surface area (Å²) in [5.41, 5.74) is 0. The number of thioether (sulfide) groups is 1. The minimum absolute atomic E-state index is 0.933. The van der Waals surface area contributed by atoms with Crippen molar-refractivity contribution in [2.75, 3.05) is 44.2 Å². The van der Waals surface area contributed by atoms with E-state index >= 15 is 0 Å². The highest BCUT2D eigenvalue weighted by Gasteiger charge is 2.17. The number of hydrogen-bond donors (Lipinski definition) is 1. The molecule has 0 radical (unpaired) electrons. The molecule has 1 N–H and O–H groups in total. The van der Waals surface area contributed by atoms with E-state index in [1.807, 2.05) is 0 Å². The third-order valence-electron chi connectivity index (χ3n) is 3.53. The van der Waals surface area contributed by atoms with Gasteiger partial charge in [-0.2, -0.15) is 11.8 Å². The van der Waals surface area contributed by atoms with Crippen LogP contribution in [0, 0.1) is 5.92 Å². The Kier molecular flexibility index (Phi) is 9.21. The van der Waals surface area contributed by atoms with Gasteiger partial charge in [0, 0.05) is 0 Å². The molecule has 0 bridgehead atoms. The van der Waals surface area contributed by atoms with Crippen LogP contribution in [0.4, 0.5) is 0 Å². The largest absolute Gasteiger partial charge is 0.316 e. The van der Waals surface area contributed by atoms with Gasteiger partial charge in [-0.1, -0.05) is 13.8 Å². The van der Waals surface area contributed by atoms with Crippen LogP contribution in [0.5, 0.6) is 0 Å². The van der Waals surface area contributed by atoms with Crippen LogP contribution < -0.4 is 5.32 Å². The molecule has 1 fully saturated rings. The number of nitrogens with one attached hydrogen (secondary N) is 1. The van der Waals surface area contributed by atoms with Crippen molar-refractivity contribution in [3.05, 3.63) is 0 Å². The van der Waals surface area contributed by atoms with E-state index in [0.717, 1.165) is 5.92 Å². The average Bonchev–Trinajstić information content (AvgIpc) is 2.37. The second kappa shape index (κ2) is 10.2. The molecule has 102 valence electrons. The SMILES string of the molecule is CCCNCC1CCN(CCCSCC)CC1. The molecule has 0 amide bonds. The molecular formula is C14H30N2S. The molecule has 1 heterocycles. The zero-order valence-electron chi connectivity index (χ0n) is 11.7. The lowest BCUT2D eigenvalue weighted by Gasteiger charge is -2.32. The molecule has 1 aliphatic rings. The summed E-state index contributed by atoms with van der Waals surface area (Å²) in [5, 5.41) is 3.56. The normalized spacial score (nSPS) is 18.7. The highest BCUT2D eigenvalue weighted by molar-refractivity contribution is 7.99. The van der Waals surface area contributed by atoms with Gasteiger partial charge in [0.2, 0.25) is 0 Å². The summed E-state index contributed by atoms with van der Waals surface area (Å²) in [6.07, 6.45) is 5.43. The number of rotatable bonds is 9. The van der Waals surface area contributed by atoms with Crippen LogP contribution in [-0.4, -0.2) is 49.1 Å². The molecule has 1 rings (SSSR count). The molecule has 0 saturated carbocycles. The van der Waals surface area contributed by atoms with Gasteiger partial charge in [0.05, 0.1) is 0 Å². The third kappa shape index (κ3) is 7.32. The van der Waals surface area contributed by atoms with Crippen molar-refractivity contribution < 1.29 is 0 Å². The van der Waals surface area contributed by atoms with E-state index in [0.29, 0.717) is 0 Å². The summed E-state index contributed by atoms with van der Waals surface area (Å²) < 4.78 is 0. The molecule has 0 aromatic carbocycles. The summed E-state index contributed by atoms with van der Waals surface area (Å²) in [5.74, 6) is 3.54. The lowest BCUT2D eigenvalue weighted by atomic mass is 9.96. The monoisotopic (exact) mass is 258 g/mol. The first-order chi connectivity index (χ1) is 8.36. The number of hydrogen-bond acceptors (Lipinski definition) is 3. The summed E-state index contributed by atoms with van der Waals surface area (Å²) in [7, 11) is 0. The zero-order chi connectivity index (χ0) is 12.3. The van der Waals surface area contributed by atoms with Crippen LogP contribution in [0.2, 0.25) is 0 Å². The molecule has 0 unspecified atom stereocenters. The molecule has 2 nitrogen and oxygen atoms in total. The van der Waals surface area contributed by atoms with Crippen molar-refractivity contribution >= 4 is 11.8 Å². The second-order valence-electron chi connectivity index (χ2n) is 5.04. The maximum absolute atomic E-state index is 3.56. The van der Waals surface area contributed by atoms with Gasteiger partial charge >= 0.3 is 0 Å². The van der Waals surface area contributed by atoms with E-state index in [-0.39, 0.29) is 0 Å². The molecule has 3 heteroatoms. The Balaban J connectivity index is 1.97. The van der Waals surface area contributed by atoms with Crippen LogP contribution in [0.25, 0.3) is 0 Å². The molecule has 0 aromatic rings. The van der Waals surface area contributed by atoms with Crippen molar-refractivity contribution in [3.8, 4) is 0 Å². The van der Waals surface area contributed by atoms with Gasteiger partial charge < -0.3 is 10.2 Å². The van der Waals surface area contributed by atoms with Crippen LogP contribution in [0.1, 0.15) is 39.5 Å². The fourth-order valence-corrected chi connectivity index (χ4v) is 3.05. The van der Waals surface area contributed by atoms with Crippen molar-refractivity contribution in [2.45, 2.75) is 39.5 Å². The quantitative estimate of drug-likeness (QED) is 0.640. The first kappa shape index (κ1) is 15.3. The van der Waals surface area contributed by atoms with Gasteiger partial charge in [-0.05, 0) is 75.8 Å². The topological polar surface area (TPSA) is 15.3 Å². The lowest BCUT2D eigenvalue weighted by Crippen LogP contribution is -2.38. The Hall–Kier alpha value is 0.270. The highest BCUT2D eigenvalue weighted by Crippen LogP contribution is 2.16. The van der Waals surface area contributed by atoms with Gasteiger partial charge in [0.25, 0.3) is 0 Å². The fraction of sp³-hybridized carbons (Fsp3) is 1.00. The van der Waals surface area contributed by atoms with Crippen molar-refractivity contribution in [1.82, 2.24) is 10.2 Å². The first-order valence-corrected chi connectivity index (χ1v) is 8.53. The summed E-state index contributed by atoms with van der Waals surface area (Å²) in [4.78, 5) is 2.66. The highest BCUT2D eigenvalue weighted by atomic mass is 32.2. The van der Waals surface area contributed by atoms with E-state index in [1.54, 1.807) is 0 Å². The van der Waals surface area contributed by atoms with E-state index in [2.05, 4.69) is 35.8 Å². The maximum Gasteiger partial charge on any atom is -0.00109 e. The molecule has 0 spiro atoms. The Morgan fingerprint density at radius 1 is 1.24 bits per heavy atom. The van der Waals surface area contributed by atoms with Gasteiger partial charge in [0.15, 0.2) is 0 Å². The Labute approximate surface area is 112 Å². The third-order valence-corrected chi connectivity index (χ3v) is 4.52. The van der Waals surface area contributed by atoms with Crippen LogP contribution in [-0.2, 0) is 0 Å². The van der Waals surface area contributed by atoms with Gasteiger partial charge in [-0.25, -0.2) is 0 Å². The van der Waals surface area contributed by atoms with E-state index in [4.69, 9.17) is 0 Å². The van der Waals surface area contributed by atoms with Gasteiger partial charge in [-0.3, -0.25) is 0 Å². The Morgan fingerprint density at radius 3 is 2.65 bits per heavy atom. The molecule has 0 aromatic heterocycles. The van der Waals surface area contributed by atoms with Crippen LogP contribution in [0.3, 0.4) is 0 Å². The average molecular weight is 258 g/mol. The Morgan fingerprint density at radius 2 is 2.00 bits per heavy atom. The van der Waals surface area contributed by atoms with Crippen molar-refractivity contribution in [3.63, 3.8) is 0 Å². The smallest absolute Gasteiger partial charge is 0.00109 e. The molecular weight excluding hydrogens is 228 g/mol. The van der Waals surface area contributed by atoms with E-state index < -0.39 is 0 Å². The summed E-state index contributed by atoms with van der Waals surface area (Å²) in [6, 6.07) is 0. The van der Waals surface area contributed by atoms with Gasteiger partial charge in [-0.15, -0.1) is 0 Å². The van der Waals surface area contributed by atoms with Crippen molar-refractivity contribution in [1.29, 1.82) is 0 Å². The van der Waals surface area contributed by atoms with E-state index in [1.165, 1.54) is 69.9 Å². The second-order valence-corrected chi connectivity index (χ2v) is 6.43. The molecule has 1 saturated heterocycles. The van der Waals surface area contributed by atoms with Crippen molar-refractivity contribution in [2.24, 2.45) is 5.92 Å². The molecule has 0 atom stereocenters. The first-order valence-electron chi connectivity index (χ1n) is 7.37. The number of nitrogens with zero attached hydrogens (tertiary/aromatic N) is 1. The standard InChI is InChI=1S/C14H30N2S/c1-3-8-15-13-14-6-10-16(11-7-14)9-5-12-17-4-2/h14-15H,3-13H2,1-2H3. The maximum atomic E-state index is 3.56. The van der Waals surface area contributed by atoms with E-state index in [9.17, 15) is 0 Å². The van der Waals surface area contributed by atoms with Crippen LogP contribution >= 0.6 is 11.8 Å². The molecule has 0 aliphatic carbocycles. The minimum Gasteiger partial charge on any atom is -0.316 e. The van der Waals surface area contributed by atoms with Gasteiger partial charge in [0.1, 0.15) is 0 Å². The summed E-state index contributed by atoms with van der Waals surface area (Å²) >= 11 is 2.07. The zero-order valence-corrected chi connectivity index (χ0v) is 12.5. The number of piperidine rings is 1. The van der Waals surface area contributed by atoms with Crippen LogP contribution in [0.15, 0.2) is 0 Å². The lowest BCUT2D eigenvalue weighted by molar-refractivity contribution is 0.183. The fourth-order valence-electron chi connectivity index (χ4n) is 2.43. The Bertz CT molecular complexity index is 168.